The van der Waals surface area contributed by atoms with Gasteiger partial charge in [0.1, 0.15) is 5.78 Å². The van der Waals surface area contributed by atoms with E-state index in [4.69, 9.17) is 9.47 Å². The summed E-state index contributed by atoms with van der Waals surface area (Å²) < 4.78 is 38.6. The van der Waals surface area contributed by atoms with Crippen molar-refractivity contribution in [3.8, 4) is 11.5 Å². The number of ether oxygens (including phenoxy) is 2. The second kappa shape index (κ2) is 6.53. The molecule has 0 heterocycles. The molecule has 2 aliphatic carbocycles. The van der Waals surface area contributed by atoms with Gasteiger partial charge in [-0.05, 0) is 41.9 Å². The summed E-state index contributed by atoms with van der Waals surface area (Å²) in [6.45, 7) is 4.23. The molecule has 0 amide bonds. The Hall–Kier alpha value is -1.60. The highest BCUT2D eigenvalue weighted by Crippen LogP contribution is 2.64. The number of sulfonamides is 1. The van der Waals surface area contributed by atoms with E-state index in [0.29, 0.717) is 30.3 Å². The number of methoxy groups -OCH3 is 2. The number of rotatable bonds is 7. The fourth-order valence-corrected chi connectivity index (χ4v) is 6.48. The topological polar surface area (TPSA) is 81.7 Å². The number of carbonyl (C=O) groups excluding carboxylic acids is 1. The Bertz CT molecular complexity index is 817. The molecule has 1 aromatic rings. The first kappa shape index (κ1) is 19.2. The van der Waals surface area contributed by atoms with Crippen LogP contribution >= 0.6 is 0 Å². The van der Waals surface area contributed by atoms with E-state index in [9.17, 15) is 13.2 Å². The van der Waals surface area contributed by atoms with Crippen LogP contribution in [0.25, 0.3) is 0 Å². The van der Waals surface area contributed by atoms with Crippen molar-refractivity contribution in [1.29, 1.82) is 0 Å². The predicted octanol–water partition coefficient (Wildman–Crippen LogP) is 2.52. The lowest BCUT2D eigenvalue weighted by Gasteiger charge is -2.36. The Morgan fingerprint density at radius 1 is 1.19 bits per heavy atom. The van der Waals surface area contributed by atoms with Gasteiger partial charge in [-0.2, -0.15) is 0 Å². The van der Waals surface area contributed by atoms with E-state index >= 15 is 0 Å². The molecule has 0 unspecified atom stereocenters. The van der Waals surface area contributed by atoms with Gasteiger partial charge in [0, 0.05) is 18.4 Å². The minimum Gasteiger partial charge on any atom is -0.493 e. The van der Waals surface area contributed by atoms with Gasteiger partial charge in [-0.3, -0.25) is 4.79 Å². The van der Waals surface area contributed by atoms with Crippen molar-refractivity contribution in [2.75, 3.05) is 20.0 Å². The minimum atomic E-state index is -3.59. The molecule has 144 valence electrons. The normalized spacial score (nSPS) is 26.9. The molecule has 1 aromatic carbocycles. The summed E-state index contributed by atoms with van der Waals surface area (Å²) in [5.74, 6) is 1.42. The van der Waals surface area contributed by atoms with Crippen LogP contribution in [0.4, 0.5) is 0 Å². The molecule has 2 bridgehead atoms. The van der Waals surface area contributed by atoms with E-state index in [1.807, 2.05) is 13.8 Å². The Morgan fingerprint density at radius 2 is 1.88 bits per heavy atom. The third-order valence-corrected chi connectivity index (χ3v) is 7.98. The summed E-state index contributed by atoms with van der Waals surface area (Å²) in [5, 5.41) is 0. The lowest BCUT2D eigenvalue weighted by Crippen LogP contribution is -2.45. The number of nitrogens with one attached hydrogen (secondary N) is 1. The van der Waals surface area contributed by atoms with E-state index < -0.39 is 15.4 Å². The van der Waals surface area contributed by atoms with Gasteiger partial charge >= 0.3 is 0 Å². The van der Waals surface area contributed by atoms with Gasteiger partial charge in [-0.1, -0.05) is 19.9 Å². The van der Waals surface area contributed by atoms with E-state index in [-0.39, 0.29) is 23.5 Å². The molecule has 26 heavy (non-hydrogen) atoms. The lowest BCUT2D eigenvalue weighted by molar-refractivity contribution is -0.128. The van der Waals surface area contributed by atoms with Crippen LogP contribution in [-0.4, -0.2) is 34.2 Å². The first-order chi connectivity index (χ1) is 12.1. The molecule has 3 rings (SSSR count). The van der Waals surface area contributed by atoms with Gasteiger partial charge in [-0.25, -0.2) is 13.1 Å². The van der Waals surface area contributed by atoms with Crippen LogP contribution in [0.5, 0.6) is 11.5 Å². The van der Waals surface area contributed by atoms with E-state index in [0.717, 1.165) is 12.0 Å². The largest absolute Gasteiger partial charge is 0.493 e. The number of Topliss-reactive ketones (excluding diaryl/α,β-unsaturated/α-hetero) is 1. The van der Waals surface area contributed by atoms with Crippen LogP contribution in [0.3, 0.4) is 0 Å². The summed E-state index contributed by atoms with van der Waals surface area (Å²) in [5.41, 5.74) is -0.242. The van der Waals surface area contributed by atoms with Crippen LogP contribution in [-0.2, 0) is 21.4 Å². The highest BCUT2D eigenvalue weighted by Gasteiger charge is 2.65. The van der Waals surface area contributed by atoms with Crippen LogP contribution in [0.15, 0.2) is 18.2 Å². The molecule has 2 saturated carbocycles. The maximum absolute atomic E-state index is 12.7. The summed E-state index contributed by atoms with van der Waals surface area (Å²) in [6.07, 6.45) is 2.11. The van der Waals surface area contributed by atoms with Gasteiger partial charge in [0.25, 0.3) is 0 Å². The third-order valence-electron chi connectivity index (χ3n) is 6.52. The summed E-state index contributed by atoms with van der Waals surface area (Å²) >= 11 is 0. The zero-order valence-electron chi connectivity index (χ0n) is 15.8. The van der Waals surface area contributed by atoms with Crippen molar-refractivity contribution in [1.82, 2.24) is 4.72 Å². The van der Waals surface area contributed by atoms with Crippen molar-refractivity contribution >= 4 is 15.8 Å². The van der Waals surface area contributed by atoms with E-state index in [2.05, 4.69) is 4.72 Å². The van der Waals surface area contributed by atoms with Gasteiger partial charge in [-0.15, -0.1) is 0 Å². The SMILES string of the molecule is COc1ccc(CNS(=O)(=O)C[C@@]23CC[C@@H](CC2=O)C3(C)C)cc1OC. The number of carbonyl (C=O) groups is 1. The minimum absolute atomic E-state index is 0.107. The predicted molar refractivity (Wildman–Crippen MR) is 98.7 cm³/mol. The van der Waals surface area contributed by atoms with E-state index in [1.165, 1.54) is 7.11 Å². The molecule has 0 saturated heterocycles. The van der Waals surface area contributed by atoms with Crippen molar-refractivity contribution in [3.63, 3.8) is 0 Å². The standard InChI is InChI=1S/C19H27NO5S/c1-18(2)14-7-8-19(18,17(21)10-14)12-26(22,23)20-11-13-5-6-15(24-3)16(9-13)25-4/h5-6,9,14,20H,7-8,10-12H2,1-4H3/t14-,19-/m0/s1. The van der Waals surface area contributed by atoms with Crippen LogP contribution < -0.4 is 14.2 Å². The fraction of sp³-hybridized carbons (Fsp3) is 0.632. The Kier molecular flexibility index (Phi) is 4.82. The first-order valence-electron chi connectivity index (χ1n) is 8.87. The average Bonchev–Trinajstić information content (AvgIpc) is 2.93. The molecule has 0 aromatic heterocycles. The van der Waals surface area contributed by atoms with Gasteiger partial charge < -0.3 is 9.47 Å². The molecule has 0 spiro atoms. The van der Waals surface area contributed by atoms with Crippen molar-refractivity contribution < 1.29 is 22.7 Å². The lowest BCUT2D eigenvalue weighted by atomic mass is 9.70. The van der Waals surface area contributed by atoms with Gasteiger partial charge in [0.15, 0.2) is 11.5 Å². The Morgan fingerprint density at radius 3 is 2.42 bits per heavy atom. The summed E-state index contributed by atoms with van der Waals surface area (Å²) in [6, 6.07) is 5.28. The summed E-state index contributed by atoms with van der Waals surface area (Å²) in [7, 11) is -0.502. The maximum Gasteiger partial charge on any atom is 0.212 e. The summed E-state index contributed by atoms with van der Waals surface area (Å²) in [4.78, 5) is 12.6. The zero-order valence-corrected chi connectivity index (χ0v) is 16.6. The molecule has 2 aliphatic rings. The van der Waals surface area contributed by atoms with Crippen LogP contribution in [0.1, 0.15) is 38.7 Å². The van der Waals surface area contributed by atoms with Crippen molar-refractivity contribution in [2.24, 2.45) is 16.7 Å². The first-order valence-corrected chi connectivity index (χ1v) is 10.5. The number of ketones is 1. The molecule has 2 fully saturated rings. The number of fused-ring (bicyclic) bond motifs is 2. The second-order valence-electron chi connectivity index (χ2n) is 7.94. The molecule has 0 radical (unpaired) electrons. The fourth-order valence-electron chi connectivity index (χ4n) is 4.67. The third kappa shape index (κ3) is 3.01. The highest BCUT2D eigenvalue weighted by atomic mass is 32.2. The molecule has 6 nitrogen and oxygen atoms in total. The number of hydrogen-bond acceptors (Lipinski definition) is 5. The quantitative estimate of drug-likeness (QED) is 0.785. The smallest absolute Gasteiger partial charge is 0.212 e. The molecular formula is C19H27NO5S. The number of benzene rings is 1. The van der Waals surface area contributed by atoms with E-state index in [1.54, 1.807) is 25.3 Å². The molecule has 0 aliphatic heterocycles. The van der Waals surface area contributed by atoms with Crippen LogP contribution in [0.2, 0.25) is 0 Å². The van der Waals surface area contributed by atoms with Crippen LogP contribution in [0, 0.1) is 16.7 Å². The Labute approximate surface area is 155 Å². The average molecular weight is 381 g/mol. The second-order valence-corrected chi connectivity index (χ2v) is 9.74. The molecule has 7 heteroatoms. The number of hydrogen-bond donors (Lipinski definition) is 1. The molecule has 1 N–H and O–H groups in total. The monoisotopic (exact) mass is 381 g/mol. The highest BCUT2D eigenvalue weighted by molar-refractivity contribution is 7.89. The van der Waals surface area contributed by atoms with Crippen molar-refractivity contribution in [3.05, 3.63) is 23.8 Å². The zero-order chi connectivity index (χ0) is 19.2. The molecule has 2 atom stereocenters. The molecular weight excluding hydrogens is 354 g/mol. The van der Waals surface area contributed by atoms with Gasteiger partial charge in [0.05, 0.1) is 20.0 Å². The maximum atomic E-state index is 12.7. The Balaban J connectivity index is 1.73. The van der Waals surface area contributed by atoms with Gasteiger partial charge in [0.2, 0.25) is 10.0 Å². The van der Waals surface area contributed by atoms with Crippen molar-refractivity contribution in [2.45, 2.75) is 39.7 Å².